The first-order chi connectivity index (χ1) is 11.2. The highest BCUT2D eigenvalue weighted by Crippen LogP contribution is 2.19. The molecule has 8 nitrogen and oxygen atoms in total. The number of ether oxygens (including phenoxy) is 1. The van der Waals surface area contributed by atoms with E-state index in [1.54, 1.807) is 24.3 Å². The van der Waals surface area contributed by atoms with E-state index in [2.05, 4.69) is 10.3 Å². The van der Waals surface area contributed by atoms with Crippen LogP contribution in [0, 0.1) is 0 Å². The molecule has 0 saturated carbocycles. The Balaban J connectivity index is 2.33. The molecule has 0 aliphatic heterocycles. The highest BCUT2D eigenvalue weighted by atomic mass is 32.2. The molecule has 130 valence electrons. The van der Waals surface area contributed by atoms with E-state index in [-0.39, 0.29) is 11.8 Å². The predicted octanol–water partition coefficient (Wildman–Crippen LogP) is 1.31. The van der Waals surface area contributed by atoms with E-state index in [0.717, 1.165) is 12.0 Å². The fourth-order valence-corrected chi connectivity index (χ4v) is 2.59. The Morgan fingerprint density at radius 3 is 2.42 bits per heavy atom. The molecule has 2 rings (SSSR count). The molecule has 0 atom stereocenters. The molecule has 0 unspecified atom stereocenters. The van der Waals surface area contributed by atoms with Crippen LogP contribution in [0.3, 0.4) is 0 Å². The minimum absolute atomic E-state index is 0.00886. The molecule has 24 heavy (non-hydrogen) atoms. The van der Waals surface area contributed by atoms with E-state index in [1.165, 1.54) is 4.68 Å². The third-order valence-corrected chi connectivity index (χ3v) is 3.60. The van der Waals surface area contributed by atoms with E-state index in [1.807, 2.05) is 25.5 Å². The molecule has 9 heteroatoms. The van der Waals surface area contributed by atoms with Crippen molar-refractivity contribution in [3.8, 4) is 11.4 Å². The van der Waals surface area contributed by atoms with E-state index in [4.69, 9.17) is 4.74 Å². The van der Waals surface area contributed by atoms with Crippen LogP contribution in [0.25, 0.3) is 5.69 Å². The Morgan fingerprint density at radius 2 is 1.92 bits per heavy atom. The minimum Gasteiger partial charge on any atom is -0.491 e. The normalized spacial score (nSPS) is 11.5. The van der Waals surface area contributed by atoms with Crippen LogP contribution >= 0.6 is 0 Å². The van der Waals surface area contributed by atoms with Crippen LogP contribution in [0.15, 0.2) is 24.3 Å². The summed E-state index contributed by atoms with van der Waals surface area (Å²) < 4.78 is 31.4. The maximum absolute atomic E-state index is 12.0. The number of carbonyl (C=O) groups is 1. The van der Waals surface area contributed by atoms with Crippen molar-refractivity contribution >= 4 is 15.9 Å². The molecule has 1 heterocycles. The van der Waals surface area contributed by atoms with Crippen LogP contribution in [0.1, 0.15) is 37.0 Å². The molecule has 0 bridgehead atoms. The monoisotopic (exact) mass is 352 g/mol. The number of hydrogen-bond donors (Lipinski definition) is 1. The summed E-state index contributed by atoms with van der Waals surface area (Å²) in [7, 11) is -3.66. The summed E-state index contributed by atoms with van der Waals surface area (Å²) in [6, 6.07) is 7.19. The van der Waals surface area contributed by atoms with Gasteiger partial charge in [0, 0.05) is 0 Å². The van der Waals surface area contributed by atoms with Gasteiger partial charge in [-0.2, -0.15) is 0 Å². The van der Waals surface area contributed by atoms with Crippen molar-refractivity contribution in [2.45, 2.75) is 33.3 Å². The molecule has 0 radical (unpaired) electrons. The summed E-state index contributed by atoms with van der Waals surface area (Å²) in [6.07, 6.45) is 1.44. The predicted molar refractivity (Wildman–Crippen MR) is 88.8 cm³/mol. The van der Waals surface area contributed by atoms with Gasteiger partial charge in [0.15, 0.2) is 5.69 Å². The number of carbonyl (C=O) groups excluding carboxylic acids is 1. The van der Waals surface area contributed by atoms with Crippen LogP contribution in [-0.4, -0.2) is 41.7 Å². The SMILES string of the molecule is CCc1c(C(=O)NS(C)(=O)=O)nnn1-c1ccc(OC(C)C)cc1. The van der Waals surface area contributed by atoms with Crippen LogP contribution in [0.4, 0.5) is 0 Å². The lowest BCUT2D eigenvalue weighted by Gasteiger charge is -2.11. The Labute approximate surface area is 140 Å². The second-order valence-corrected chi connectivity index (χ2v) is 7.26. The first-order valence-electron chi connectivity index (χ1n) is 7.45. The van der Waals surface area contributed by atoms with Crippen LogP contribution in [0.2, 0.25) is 0 Å². The lowest BCUT2D eigenvalue weighted by Crippen LogP contribution is -2.30. The van der Waals surface area contributed by atoms with Crippen molar-refractivity contribution < 1.29 is 17.9 Å². The van der Waals surface area contributed by atoms with E-state index < -0.39 is 15.9 Å². The standard InChI is InChI=1S/C15H20N4O4S/c1-5-13-14(15(20)17-24(4,21)22)16-18-19(13)11-6-8-12(9-7-11)23-10(2)3/h6-10H,5H2,1-4H3,(H,17,20). The molecule has 0 saturated heterocycles. The third-order valence-electron chi connectivity index (χ3n) is 3.04. The van der Waals surface area contributed by atoms with E-state index in [9.17, 15) is 13.2 Å². The van der Waals surface area contributed by atoms with Gasteiger partial charge < -0.3 is 4.74 Å². The summed E-state index contributed by atoms with van der Waals surface area (Å²) in [4.78, 5) is 12.0. The highest BCUT2D eigenvalue weighted by molar-refractivity contribution is 7.89. The molecule has 0 fully saturated rings. The maximum atomic E-state index is 12.0. The fraction of sp³-hybridized carbons (Fsp3) is 0.400. The lowest BCUT2D eigenvalue weighted by molar-refractivity contribution is 0.0976. The topological polar surface area (TPSA) is 103 Å². The smallest absolute Gasteiger partial charge is 0.287 e. The van der Waals surface area contributed by atoms with Crippen LogP contribution in [0.5, 0.6) is 5.75 Å². The Kier molecular flexibility index (Phi) is 5.23. The van der Waals surface area contributed by atoms with Gasteiger partial charge in [0.05, 0.1) is 23.7 Å². The number of nitrogens with one attached hydrogen (secondary N) is 1. The fourth-order valence-electron chi connectivity index (χ4n) is 2.16. The highest BCUT2D eigenvalue weighted by Gasteiger charge is 2.21. The second-order valence-electron chi connectivity index (χ2n) is 5.51. The van der Waals surface area contributed by atoms with Gasteiger partial charge in [0.25, 0.3) is 5.91 Å². The van der Waals surface area contributed by atoms with Crippen molar-refractivity contribution in [1.82, 2.24) is 19.7 Å². The van der Waals surface area contributed by atoms with Crippen molar-refractivity contribution in [1.29, 1.82) is 0 Å². The zero-order chi connectivity index (χ0) is 17.9. The first kappa shape index (κ1) is 17.9. The molecule has 0 spiro atoms. The number of benzene rings is 1. The third kappa shape index (κ3) is 4.31. The molecule has 1 aromatic carbocycles. The minimum atomic E-state index is -3.66. The number of hydrogen-bond acceptors (Lipinski definition) is 6. The van der Waals surface area contributed by atoms with Crippen LogP contribution in [-0.2, 0) is 16.4 Å². The van der Waals surface area contributed by atoms with Gasteiger partial charge in [-0.3, -0.25) is 4.79 Å². The number of sulfonamides is 1. The molecule has 1 aromatic heterocycles. The van der Waals surface area contributed by atoms with Crippen LogP contribution < -0.4 is 9.46 Å². The van der Waals surface area contributed by atoms with Crippen molar-refractivity contribution in [2.75, 3.05) is 6.26 Å². The zero-order valence-electron chi connectivity index (χ0n) is 14.0. The lowest BCUT2D eigenvalue weighted by atomic mass is 10.2. The van der Waals surface area contributed by atoms with E-state index in [0.29, 0.717) is 17.8 Å². The summed E-state index contributed by atoms with van der Waals surface area (Å²) in [6.45, 7) is 5.71. The van der Waals surface area contributed by atoms with Gasteiger partial charge >= 0.3 is 0 Å². The molecule has 1 amide bonds. The molecule has 0 aliphatic carbocycles. The summed E-state index contributed by atoms with van der Waals surface area (Å²) in [5.74, 6) is -0.0673. The van der Waals surface area contributed by atoms with Gasteiger partial charge in [-0.15, -0.1) is 5.10 Å². The molecule has 1 N–H and O–H groups in total. The maximum Gasteiger partial charge on any atom is 0.287 e. The quantitative estimate of drug-likeness (QED) is 0.841. The number of nitrogens with zero attached hydrogens (tertiary/aromatic N) is 3. The Morgan fingerprint density at radius 1 is 1.29 bits per heavy atom. The summed E-state index contributed by atoms with van der Waals surface area (Å²) in [5.41, 5.74) is 1.22. The zero-order valence-corrected chi connectivity index (χ0v) is 14.8. The van der Waals surface area contributed by atoms with Gasteiger partial charge in [-0.05, 0) is 44.5 Å². The summed E-state index contributed by atoms with van der Waals surface area (Å²) >= 11 is 0. The average molecular weight is 352 g/mol. The first-order valence-corrected chi connectivity index (χ1v) is 9.34. The van der Waals surface area contributed by atoms with Gasteiger partial charge in [0.2, 0.25) is 10.0 Å². The largest absolute Gasteiger partial charge is 0.491 e. The van der Waals surface area contributed by atoms with Gasteiger partial charge in [0.1, 0.15) is 5.75 Å². The Hall–Kier alpha value is -2.42. The Bertz CT molecular complexity index is 826. The number of amides is 1. The second kappa shape index (κ2) is 7.00. The van der Waals surface area contributed by atoms with Crippen molar-refractivity contribution in [3.63, 3.8) is 0 Å². The summed E-state index contributed by atoms with van der Waals surface area (Å²) in [5, 5.41) is 7.79. The van der Waals surface area contributed by atoms with E-state index >= 15 is 0 Å². The number of aromatic nitrogens is 3. The molecular formula is C15H20N4O4S. The number of rotatable bonds is 6. The van der Waals surface area contributed by atoms with Crippen molar-refractivity contribution in [2.24, 2.45) is 0 Å². The van der Waals surface area contributed by atoms with Crippen molar-refractivity contribution in [3.05, 3.63) is 35.7 Å². The molecule has 2 aromatic rings. The average Bonchev–Trinajstić information content (AvgIpc) is 2.89. The van der Waals surface area contributed by atoms with Gasteiger partial charge in [-0.25, -0.2) is 17.8 Å². The molecule has 0 aliphatic rings. The molecular weight excluding hydrogens is 332 g/mol. The van der Waals surface area contributed by atoms with Gasteiger partial charge in [-0.1, -0.05) is 12.1 Å².